The van der Waals surface area contributed by atoms with Gasteiger partial charge in [-0.1, -0.05) is 24.3 Å². The summed E-state index contributed by atoms with van der Waals surface area (Å²) in [6.45, 7) is 0.345. The molecule has 1 aromatic rings. The Labute approximate surface area is 124 Å². The summed E-state index contributed by atoms with van der Waals surface area (Å²) < 4.78 is 0. The fraction of sp³-hybridized carbons (Fsp3) is 0.529. The topological polar surface area (TPSA) is 57.6 Å². The number of carboxylic acids is 1. The molecule has 4 heteroatoms. The fourth-order valence-electron chi connectivity index (χ4n) is 3.29. The summed E-state index contributed by atoms with van der Waals surface area (Å²) in [6.07, 6.45) is 5.02. The van der Waals surface area contributed by atoms with Crippen LogP contribution < -0.4 is 0 Å². The summed E-state index contributed by atoms with van der Waals surface area (Å²) in [5.41, 5.74) is 2.42. The van der Waals surface area contributed by atoms with Crippen LogP contribution in [0.3, 0.4) is 0 Å². The minimum Gasteiger partial charge on any atom is -0.481 e. The Morgan fingerprint density at radius 3 is 2.67 bits per heavy atom. The first-order chi connectivity index (χ1) is 10.2. The second-order valence-electron chi connectivity index (χ2n) is 6.05. The molecular weight excluding hydrogens is 266 g/mol. The Bertz CT molecular complexity index is 551. The Balaban J connectivity index is 1.78. The van der Waals surface area contributed by atoms with Crippen LogP contribution in [0.2, 0.25) is 0 Å². The normalized spacial score (nSPS) is 20.7. The average Bonchev–Trinajstić information content (AvgIpc) is 3.31. The van der Waals surface area contributed by atoms with Crippen molar-refractivity contribution in [3.05, 3.63) is 35.4 Å². The lowest BCUT2D eigenvalue weighted by Crippen LogP contribution is -2.39. The van der Waals surface area contributed by atoms with Gasteiger partial charge in [-0.2, -0.15) is 0 Å². The van der Waals surface area contributed by atoms with E-state index in [0.29, 0.717) is 6.54 Å². The fourth-order valence-corrected chi connectivity index (χ4v) is 3.29. The van der Waals surface area contributed by atoms with E-state index in [2.05, 4.69) is 12.1 Å². The van der Waals surface area contributed by atoms with Crippen LogP contribution >= 0.6 is 0 Å². The third kappa shape index (κ3) is 3.09. The van der Waals surface area contributed by atoms with Crippen molar-refractivity contribution >= 4 is 11.9 Å². The molecule has 2 aliphatic rings. The second-order valence-corrected chi connectivity index (χ2v) is 6.05. The standard InChI is InChI=1S/C17H21NO3/c19-16(20)10-11-18(13-8-9-13)17(21)15-7-3-5-12-4-1-2-6-14(12)15/h1-2,4,6,13,15H,3,5,7-11H2,(H,19,20)/t15-/m0/s1. The lowest BCUT2D eigenvalue weighted by Gasteiger charge is -2.30. The minimum absolute atomic E-state index is 0.0383. The number of aryl methyl sites for hydroxylation is 1. The highest BCUT2D eigenvalue weighted by Crippen LogP contribution is 2.36. The number of hydrogen-bond acceptors (Lipinski definition) is 2. The van der Waals surface area contributed by atoms with Crippen molar-refractivity contribution < 1.29 is 14.7 Å². The predicted molar refractivity (Wildman–Crippen MR) is 79.1 cm³/mol. The van der Waals surface area contributed by atoms with Gasteiger partial charge in [-0.3, -0.25) is 9.59 Å². The molecule has 2 aliphatic carbocycles. The molecule has 3 rings (SSSR count). The van der Waals surface area contributed by atoms with E-state index < -0.39 is 5.97 Å². The van der Waals surface area contributed by atoms with Crippen LogP contribution in [-0.4, -0.2) is 34.5 Å². The molecule has 1 N–H and O–H groups in total. The number of carbonyl (C=O) groups is 2. The van der Waals surface area contributed by atoms with Crippen molar-refractivity contribution in [3.8, 4) is 0 Å². The van der Waals surface area contributed by atoms with Gasteiger partial charge in [0.15, 0.2) is 0 Å². The largest absolute Gasteiger partial charge is 0.481 e. The molecule has 1 atom stereocenters. The van der Waals surface area contributed by atoms with Gasteiger partial charge in [0.25, 0.3) is 0 Å². The van der Waals surface area contributed by atoms with Gasteiger partial charge in [0.2, 0.25) is 5.91 Å². The van der Waals surface area contributed by atoms with Gasteiger partial charge in [-0.05, 0) is 43.2 Å². The van der Waals surface area contributed by atoms with E-state index in [-0.39, 0.29) is 24.3 Å². The molecule has 0 aromatic heterocycles. The highest BCUT2D eigenvalue weighted by Gasteiger charge is 2.37. The van der Waals surface area contributed by atoms with Gasteiger partial charge < -0.3 is 10.0 Å². The molecule has 0 unspecified atom stereocenters. The molecule has 1 fully saturated rings. The smallest absolute Gasteiger partial charge is 0.305 e. The van der Waals surface area contributed by atoms with Crippen molar-refractivity contribution in [3.63, 3.8) is 0 Å². The van der Waals surface area contributed by atoms with E-state index in [1.807, 2.05) is 17.0 Å². The molecule has 0 saturated heterocycles. The maximum absolute atomic E-state index is 12.9. The molecule has 0 spiro atoms. The molecule has 112 valence electrons. The number of amides is 1. The number of carbonyl (C=O) groups excluding carboxylic acids is 1. The predicted octanol–water partition coefficient (Wildman–Crippen LogP) is 2.57. The van der Waals surface area contributed by atoms with Crippen LogP contribution in [0.4, 0.5) is 0 Å². The summed E-state index contributed by atoms with van der Waals surface area (Å²) >= 11 is 0. The third-order valence-corrected chi connectivity index (χ3v) is 4.50. The molecule has 21 heavy (non-hydrogen) atoms. The number of aliphatic carboxylic acids is 1. The van der Waals surface area contributed by atoms with Gasteiger partial charge in [0.05, 0.1) is 12.3 Å². The van der Waals surface area contributed by atoms with Crippen LogP contribution in [0, 0.1) is 0 Å². The van der Waals surface area contributed by atoms with Crippen LogP contribution in [0.5, 0.6) is 0 Å². The number of carboxylic acid groups (broad SMARTS) is 1. The summed E-state index contributed by atoms with van der Waals surface area (Å²) in [4.78, 5) is 25.5. The van der Waals surface area contributed by atoms with Crippen LogP contribution in [0.1, 0.15) is 49.1 Å². The number of nitrogens with zero attached hydrogens (tertiary/aromatic N) is 1. The maximum Gasteiger partial charge on any atom is 0.305 e. The Hall–Kier alpha value is -1.84. The van der Waals surface area contributed by atoms with E-state index in [1.165, 1.54) is 5.56 Å². The molecule has 0 aliphatic heterocycles. The maximum atomic E-state index is 12.9. The molecular formula is C17H21NO3. The van der Waals surface area contributed by atoms with Gasteiger partial charge in [0.1, 0.15) is 0 Å². The molecule has 1 aromatic carbocycles. The second kappa shape index (κ2) is 5.88. The monoisotopic (exact) mass is 287 g/mol. The molecule has 4 nitrogen and oxygen atoms in total. The first-order valence-electron chi connectivity index (χ1n) is 7.77. The minimum atomic E-state index is -0.836. The van der Waals surface area contributed by atoms with Gasteiger partial charge in [-0.15, -0.1) is 0 Å². The van der Waals surface area contributed by atoms with E-state index in [0.717, 1.165) is 37.7 Å². The summed E-state index contributed by atoms with van der Waals surface area (Å²) in [7, 11) is 0. The molecule has 0 radical (unpaired) electrons. The highest BCUT2D eigenvalue weighted by atomic mass is 16.4. The van der Waals surface area contributed by atoms with Crippen molar-refractivity contribution in [2.45, 2.75) is 50.5 Å². The molecule has 1 saturated carbocycles. The molecule has 0 bridgehead atoms. The Morgan fingerprint density at radius 1 is 1.19 bits per heavy atom. The summed E-state index contributed by atoms with van der Waals surface area (Å²) in [6, 6.07) is 8.44. The van der Waals surface area contributed by atoms with E-state index in [9.17, 15) is 9.59 Å². The van der Waals surface area contributed by atoms with Crippen molar-refractivity contribution in [2.24, 2.45) is 0 Å². The zero-order valence-corrected chi connectivity index (χ0v) is 12.1. The third-order valence-electron chi connectivity index (χ3n) is 4.50. The van der Waals surface area contributed by atoms with Crippen LogP contribution in [-0.2, 0) is 16.0 Å². The van der Waals surface area contributed by atoms with Gasteiger partial charge in [0, 0.05) is 12.6 Å². The van der Waals surface area contributed by atoms with Gasteiger partial charge in [-0.25, -0.2) is 0 Å². The van der Waals surface area contributed by atoms with Crippen LogP contribution in [0.25, 0.3) is 0 Å². The zero-order valence-electron chi connectivity index (χ0n) is 12.1. The Morgan fingerprint density at radius 2 is 1.95 bits per heavy atom. The number of fused-ring (bicyclic) bond motifs is 1. The van der Waals surface area contributed by atoms with Crippen molar-refractivity contribution in [1.29, 1.82) is 0 Å². The summed E-state index contributed by atoms with van der Waals surface area (Å²) in [5.74, 6) is -0.785. The van der Waals surface area contributed by atoms with Crippen molar-refractivity contribution in [2.75, 3.05) is 6.54 Å². The van der Waals surface area contributed by atoms with Crippen LogP contribution in [0.15, 0.2) is 24.3 Å². The van der Waals surface area contributed by atoms with Crippen molar-refractivity contribution in [1.82, 2.24) is 4.90 Å². The van der Waals surface area contributed by atoms with E-state index in [4.69, 9.17) is 5.11 Å². The SMILES string of the molecule is O=C(O)CCN(C(=O)[C@H]1CCCc2ccccc21)C1CC1. The first kappa shape index (κ1) is 14.1. The van der Waals surface area contributed by atoms with E-state index in [1.54, 1.807) is 0 Å². The number of rotatable bonds is 5. The molecule has 0 heterocycles. The lowest BCUT2D eigenvalue weighted by molar-refractivity contribution is -0.139. The van der Waals surface area contributed by atoms with E-state index >= 15 is 0 Å². The zero-order chi connectivity index (χ0) is 14.8. The average molecular weight is 287 g/mol. The quantitative estimate of drug-likeness (QED) is 0.905. The number of benzene rings is 1. The van der Waals surface area contributed by atoms with Gasteiger partial charge >= 0.3 is 5.97 Å². The Kier molecular flexibility index (Phi) is 3.95. The highest BCUT2D eigenvalue weighted by molar-refractivity contribution is 5.85. The summed E-state index contributed by atoms with van der Waals surface area (Å²) in [5, 5.41) is 8.88. The first-order valence-corrected chi connectivity index (χ1v) is 7.77. The number of hydrogen-bond donors (Lipinski definition) is 1. The molecule has 1 amide bonds. The lowest BCUT2D eigenvalue weighted by atomic mass is 9.82.